The summed E-state index contributed by atoms with van der Waals surface area (Å²) in [5.74, 6) is 1.78. The first kappa shape index (κ1) is 14.5. The van der Waals surface area contributed by atoms with Gasteiger partial charge in [-0.15, -0.1) is 11.8 Å². The van der Waals surface area contributed by atoms with Crippen molar-refractivity contribution in [1.82, 2.24) is 0 Å². The Morgan fingerprint density at radius 2 is 2.04 bits per heavy atom. The van der Waals surface area contributed by atoms with Crippen molar-refractivity contribution in [2.75, 3.05) is 12.3 Å². The van der Waals surface area contributed by atoms with Crippen LogP contribution < -0.4 is 0 Å². The molecule has 0 radical (unpaired) electrons. The predicted molar refractivity (Wildman–Crippen MR) is 106 cm³/mol. The van der Waals surface area contributed by atoms with Gasteiger partial charge in [0.2, 0.25) is 0 Å². The van der Waals surface area contributed by atoms with Crippen LogP contribution in [0.1, 0.15) is 36.5 Å². The van der Waals surface area contributed by atoms with Crippen LogP contribution in [0.2, 0.25) is 0 Å². The van der Waals surface area contributed by atoms with Crippen LogP contribution >= 0.6 is 11.8 Å². The van der Waals surface area contributed by atoms with Gasteiger partial charge in [-0.2, -0.15) is 0 Å². The zero-order valence-electron chi connectivity index (χ0n) is 14.0. The molecular weight excluding hydrogens is 310 g/mol. The van der Waals surface area contributed by atoms with Gasteiger partial charge in [0.15, 0.2) is 0 Å². The number of fused-ring (bicyclic) bond motifs is 4. The highest BCUT2D eigenvalue weighted by atomic mass is 32.2. The molecule has 1 unspecified atom stereocenters. The third kappa shape index (κ3) is 2.12. The van der Waals surface area contributed by atoms with E-state index in [4.69, 9.17) is 4.99 Å². The van der Waals surface area contributed by atoms with Crippen LogP contribution in [-0.2, 0) is 6.42 Å². The number of allylic oxidation sites excluding steroid dienone is 4. The Kier molecular flexibility index (Phi) is 3.41. The molecule has 0 saturated carbocycles. The van der Waals surface area contributed by atoms with Gasteiger partial charge in [0.05, 0.1) is 5.04 Å². The van der Waals surface area contributed by atoms with Gasteiger partial charge in [-0.3, -0.25) is 4.99 Å². The molecule has 2 aliphatic carbocycles. The number of thioether (sulfide) groups is 1. The highest BCUT2D eigenvalue weighted by Gasteiger charge is 2.26. The Bertz CT molecular complexity index is 932. The molecule has 1 nitrogen and oxygen atoms in total. The molecule has 1 aliphatic heterocycles. The van der Waals surface area contributed by atoms with Crippen LogP contribution in [0.25, 0.3) is 16.3 Å². The molecule has 5 rings (SSSR count). The van der Waals surface area contributed by atoms with E-state index in [1.54, 1.807) is 5.57 Å². The number of benzene rings is 2. The van der Waals surface area contributed by atoms with Crippen molar-refractivity contribution in [3.8, 4) is 0 Å². The van der Waals surface area contributed by atoms with E-state index in [-0.39, 0.29) is 0 Å². The van der Waals surface area contributed by atoms with E-state index in [0.29, 0.717) is 5.92 Å². The van der Waals surface area contributed by atoms with Gasteiger partial charge in [-0.25, -0.2) is 0 Å². The molecule has 1 atom stereocenters. The lowest BCUT2D eigenvalue weighted by Gasteiger charge is -2.30. The fourth-order valence-corrected chi connectivity index (χ4v) is 5.35. The van der Waals surface area contributed by atoms with Gasteiger partial charge in [0, 0.05) is 17.9 Å². The molecule has 2 aromatic rings. The quantitative estimate of drug-likeness (QED) is 0.660. The first-order valence-corrected chi connectivity index (χ1v) is 9.93. The van der Waals surface area contributed by atoms with Crippen LogP contribution in [0.5, 0.6) is 0 Å². The lowest BCUT2D eigenvalue weighted by molar-refractivity contribution is 0.634. The summed E-state index contributed by atoms with van der Waals surface area (Å²) in [6.45, 7) is 3.36. The second-order valence-corrected chi connectivity index (χ2v) is 8.10. The Morgan fingerprint density at radius 1 is 1.08 bits per heavy atom. The molecule has 0 aromatic heterocycles. The number of hydrogen-bond acceptors (Lipinski definition) is 2. The van der Waals surface area contributed by atoms with E-state index < -0.39 is 0 Å². The second-order valence-electron chi connectivity index (χ2n) is 7.01. The molecule has 3 aliphatic rings. The second kappa shape index (κ2) is 5.63. The molecule has 0 fully saturated rings. The molecule has 1 heterocycles. The summed E-state index contributed by atoms with van der Waals surface area (Å²) < 4.78 is 0. The molecular formula is C22H21NS. The van der Waals surface area contributed by atoms with Crippen molar-refractivity contribution in [2.24, 2.45) is 10.9 Å². The Labute approximate surface area is 147 Å². The van der Waals surface area contributed by atoms with E-state index in [0.717, 1.165) is 12.3 Å². The van der Waals surface area contributed by atoms with E-state index in [9.17, 15) is 0 Å². The van der Waals surface area contributed by atoms with Crippen LogP contribution in [0.3, 0.4) is 0 Å². The first-order chi connectivity index (χ1) is 11.8. The van der Waals surface area contributed by atoms with Crippen molar-refractivity contribution < 1.29 is 0 Å². The highest BCUT2D eigenvalue weighted by molar-refractivity contribution is 8.14. The predicted octanol–water partition coefficient (Wildman–Crippen LogP) is 5.63. The summed E-state index contributed by atoms with van der Waals surface area (Å²) in [7, 11) is 0. The molecule has 0 saturated heterocycles. The number of rotatable bonds is 1. The average Bonchev–Trinajstić information content (AvgIpc) is 3.16. The third-order valence-electron chi connectivity index (χ3n) is 5.60. The average molecular weight is 331 g/mol. The van der Waals surface area contributed by atoms with Gasteiger partial charge in [0.1, 0.15) is 0 Å². The molecule has 0 bridgehead atoms. The maximum Gasteiger partial charge on any atom is 0.0984 e. The lowest BCUT2D eigenvalue weighted by atomic mass is 9.74. The van der Waals surface area contributed by atoms with Crippen molar-refractivity contribution in [2.45, 2.75) is 26.2 Å². The van der Waals surface area contributed by atoms with Crippen LogP contribution in [-0.4, -0.2) is 17.3 Å². The zero-order chi connectivity index (χ0) is 16.1. The Hall–Kier alpha value is -1.80. The normalized spacial score (nSPS) is 22.5. The number of hydrogen-bond donors (Lipinski definition) is 0. The first-order valence-electron chi connectivity index (χ1n) is 8.95. The fourth-order valence-electron chi connectivity index (χ4n) is 4.46. The van der Waals surface area contributed by atoms with E-state index in [1.807, 2.05) is 11.8 Å². The molecule has 0 spiro atoms. The number of aliphatic imine (C=N–C) groups is 1. The summed E-state index contributed by atoms with van der Waals surface area (Å²) in [5.41, 5.74) is 7.48. The zero-order valence-corrected chi connectivity index (χ0v) is 14.8. The minimum atomic E-state index is 0.657. The Morgan fingerprint density at radius 3 is 2.92 bits per heavy atom. The topological polar surface area (TPSA) is 12.4 Å². The molecule has 0 N–H and O–H groups in total. The summed E-state index contributed by atoms with van der Waals surface area (Å²) in [6.07, 6.45) is 8.30. The third-order valence-corrected chi connectivity index (χ3v) is 6.60. The van der Waals surface area contributed by atoms with Crippen LogP contribution in [0.4, 0.5) is 0 Å². The molecule has 0 amide bonds. The van der Waals surface area contributed by atoms with Crippen molar-refractivity contribution in [1.29, 1.82) is 0 Å². The maximum atomic E-state index is 4.71. The van der Waals surface area contributed by atoms with E-state index in [1.165, 1.54) is 57.3 Å². The molecule has 120 valence electrons. The lowest BCUT2D eigenvalue weighted by Crippen LogP contribution is -2.15. The van der Waals surface area contributed by atoms with E-state index in [2.05, 4.69) is 49.4 Å². The van der Waals surface area contributed by atoms with Crippen molar-refractivity contribution in [3.05, 3.63) is 64.7 Å². The van der Waals surface area contributed by atoms with Gasteiger partial charge in [-0.1, -0.05) is 55.0 Å². The maximum absolute atomic E-state index is 4.71. The summed E-state index contributed by atoms with van der Waals surface area (Å²) in [5, 5.41) is 4.03. The summed E-state index contributed by atoms with van der Waals surface area (Å²) in [6, 6.07) is 11.4. The fraction of sp³-hybridized carbons (Fsp3) is 0.318. The molecule has 2 heteroatoms. The van der Waals surface area contributed by atoms with E-state index >= 15 is 0 Å². The SMILES string of the molecule is CC1Cc2c(ccc3c(C4=NCCS4)cccc23)C2=C1CCC=C2. The monoisotopic (exact) mass is 331 g/mol. The van der Waals surface area contributed by atoms with Gasteiger partial charge >= 0.3 is 0 Å². The van der Waals surface area contributed by atoms with Gasteiger partial charge in [-0.05, 0) is 52.7 Å². The minimum Gasteiger partial charge on any atom is -0.277 e. The largest absolute Gasteiger partial charge is 0.277 e. The smallest absolute Gasteiger partial charge is 0.0984 e. The van der Waals surface area contributed by atoms with Crippen molar-refractivity contribution in [3.63, 3.8) is 0 Å². The standard InChI is InChI=1S/C22H21NS/c1-14-13-21-17-7-4-8-20(22-23-11-12-24-22)18(17)9-10-19(21)16-6-3-2-5-15(14)16/h3-4,6-10,14H,2,5,11-13H2,1H3. The van der Waals surface area contributed by atoms with Gasteiger partial charge < -0.3 is 0 Å². The highest BCUT2D eigenvalue weighted by Crippen LogP contribution is 2.43. The summed E-state index contributed by atoms with van der Waals surface area (Å²) in [4.78, 5) is 4.71. The van der Waals surface area contributed by atoms with Crippen LogP contribution in [0.15, 0.2) is 53.0 Å². The molecule has 24 heavy (non-hydrogen) atoms. The number of nitrogens with zero attached hydrogens (tertiary/aromatic N) is 1. The summed E-state index contributed by atoms with van der Waals surface area (Å²) >= 11 is 1.90. The van der Waals surface area contributed by atoms with Crippen molar-refractivity contribution >= 4 is 33.2 Å². The van der Waals surface area contributed by atoms with Gasteiger partial charge in [0.25, 0.3) is 0 Å². The van der Waals surface area contributed by atoms with Crippen LogP contribution in [0, 0.1) is 5.92 Å². The Balaban J connectivity index is 1.76. The minimum absolute atomic E-state index is 0.657. The molecule has 2 aromatic carbocycles.